The van der Waals surface area contributed by atoms with E-state index in [0.717, 1.165) is 5.56 Å². The Morgan fingerprint density at radius 1 is 1.47 bits per heavy atom. The van der Waals surface area contributed by atoms with Crippen LogP contribution in [0.4, 0.5) is 5.69 Å². The third-order valence-electron chi connectivity index (χ3n) is 2.48. The van der Waals surface area contributed by atoms with Gasteiger partial charge in [-0.1, -0.05) is 6.07 Å². The summed E-state index contributed by atoms with van der Waals surface area (Å²) in [6.45, 7) is 2.11. The Labute approximate surface area is 101 Å². The quantitative estimate of drug-likeness (QED) is 0.806. The summed E-state index contributed by atoms with van der Waals surface area (Å²) in [5.41, 5.74) is 7.09. The van der Waals surface area contributed by atoms with Gasteiger partial charge in [-0.25, -0.2) is 0 Å². The summed E-state index contributed by atoms with van der Waals surface area (Å²) in [6, 6.07) is 5.41. The van der Waals surface area contributed by atoms with Gasteiger partial charge in [0.1, 0.15) is 11.9 Å². The molecule has 94 valence electrons. The molecule has 1 rings (SSSR count). The first-order chi connectivity index (χ1) is 8.12. The Balaban J connectivity index is 2.87. The largest absolute Gasteiger partial charge is 0.495 e. The zero-order valence-electron chi connectivity index (χ0n) is 10.3. The number of rotatable bonds is 5. The third kappa shape index (κ3) is 3.44. The predicted octanol–water partition coefficient (Wildman–Crippen LogP) is 1.13. The van der Waals surface area contributed by atoms with Crippen LogP contribution in [0.1, 0.15) is 12.5 Å². The number of hydrogen-bond donors (Lipinski definition) is 2. The number of methoxy groups -OCH3 is 2. The fraction of sp³-hybridized carbons (Fsp3) is 0.417. The van der Waals surface area contributed by atoms with Crippen LogP contribution in [-0.2, 0) is 16.1 Å². The Morgan fingerprint density at radius 3 is 2.71 bits per heavy atom. The van der Waals surface area contributed by atoms with E-state index < -0.39 is 6.10 Å². The van der Waals surface area contributed by atoms with Crippen LogP contribution in [0.2, 0.25) is 0 Å². The molecule has 0 aliphatic rings. The molecule has 5 heteroatoms. The van der Waals surface area contributed by atoms with Crippen molar-refractivity contribution in [2.75, 3.05) is 19.5 Å². The summed E-state index contributed by atoms with van der Waals surface area (Å²) in [4.78, 5) is 11.6. The summed E-state index contributed by atoms with van der Waals surface area (Å²) < 4.78 is 10.1. The second kappa shape index (κ2) is 6.22. The van der Waals surface area contributed by atoms with Crippen LogP contribution in [-0.4, -0.2) is 26.2 Å². The van der Waals surface area contributed by atoms with Gasteiger partial charge in [0.2, 0.25) is 0 Å². The number of carbonyl (C=O) groups is 1. The Kier molecular flexibility index (Phi) is 4.93. The van der Waals surface area contributed by atoms with Gasteiger partial charge in [0.25, 0.3) is 5.91 Å². The molecule has 5 nitrogen and oxygen atoms in total. The number of nitrogens with one attached hydrogen (secondary N) is 1. The number of ether oxygens (including phenoxy) is 2. The molecule has 1 atom stereocenters. The predicted molar refractivity (Wildman–Crippen MR) is 66.0 cm³/mol. The molecule has 1 unspecified atom stereocenters. The molecular formula is C12H18N2O3. The summed E-state index contributed by atoms with van der Waals surface area (Å²) in [7, 11) is 3.03. The molecule has 0 aromatic heterocycles. The average molecular weight is 238 g/mol. The van der Waals surface area contributed by atoms with E-state index in [0.29, 0.717) is 18.0 Å². The van der Waals surface area contributed by atoms with Crippen LogP contribution in [0.15, 0.2) is 18.2 Å². The van der Waals surface area contributed by atoms with Crippen molar-refractivity contribution in [2.24, 2.45) is 5.73 Å². The summed E-state index contributed by atoms with van der Waals surface area (Å²) in [5.74, 6) is 0.371. The van der Waals surface area contributed by atoms with Crippen molar-refractivity contribution in [1.82, 2.24) is 0 Å². The summed E-state index contributed by atoms with van der Waals surface area (Å²) in [6.07, 6.45) is -0.506. The molecule has 0 radical (unpaired) electrons. The fourth-order valence-electron chi connectivity index (χ4n) is 1.31. The van der Waals surface area contributed by atoms with Gasteiger partial charge in [0, 0.05) is 13.7 Å². The van der Waals surface area contributed by atoms with E-state index in [1.165, 1.54) is 7.11 Å². The van der Waals surface area contributed by atoms with Crippen molar-refractivity contribution < 1.29 is 14.3 Å². The lowest BCUT2D eigenvalue weighted by Crippen LogP contribution is -2.26. The molecule has 0 spiro atoms. The van der Waals surface area contributed by atoms with Crippen LogP contribution in [0.25, 0.3) is 0 Å². The minimum Gasteiger partial charge on any atom is -0.495 e. The summed E-state index contributed by atoms with van der Waals surface area (Å²) >= 11 is 0. The first-order valence-corrected chi connectivity index (χ1v) is 5.33. The molecule has 0 saturated carbocycles. The first kappa shape index (κ1) is 13.5. The van der Waals surface area contributed by atoms with E-state index in [1.54, 1.807) is 26.2 Å². The van der Waals surface area contributed by atoms with E-state index in [2.05, 4.69) is 5.32 Å². The van der Waals surface area contributed by atoms with E-state index in [9.17, 15) is 4.79 Å². The molecule has 0 fully saturated rings. The molecule has 1 amide bonds. The Morgan fingerprint density at radius 2 is 2.18 bits per heavy atom. The van der Waals surface area contributed by atoms with E-state index in [1.807, 2.05) is 6.07 Å². The molecule has 0 saturated heterocycles. The highest BCUT2D eigenvalue weighted by Gasteiger charge is 2.14. The Hall–Kier alpha value is -1.59. The van der Waals surface area contributed by atoms with Crippen LogP contribution < -0.4 is 15.8 Å². The topological polar surface area (TPSA) is 73.6 Å². The Bertz CT molecular complexity index is 393. The number of carbonyl (C=O) groups excluding carboxylic acids is 1. The maximum absolute atomic E-state index is 11.6. The molecular weight excluding hydrogens is 220 g/mol. The number of nitrogens with two attached hydrogens (primary N) is 1. The van der Waals surface area contributed by atoms with Gasteiger partial charge < -0.3 is 20.5 Å². The molecule has 0 bridgehead atoms. The molecule has 17 heavy (non-hydrogen) atoms. The fourth-order valence-corrected chi connectivity index (χ4v) is 1.31. The van der Waals surface area contributed by atoms with Crippen molar-refractivity contribution in [2.45, 2.75) is 19.6 Å². The molecule has 1 aromatic rings. The zero-order valence-corrected chi connectivity index (χ0v) is 10.3. The third-order valence-corrected chi connectivity index (χ3v) is 2.48. The summed E-state index contributed by atoms with van der Waals surface area (Å²) in [5, 5.41) is 2.73. The lowest BCUT2D eigenvalue weighted by Gasteiger charge is -2.14. The van der Waals surface area contributed by atoms with Crippen molar-refractivity contribution in [3.63, 3.8) is 0 Å². The average Bonchev–Trinajstić information content (AvgIpc) is 2.37. The number of benzene rings is 1. The molecule has 0 aliphatic heterocycles. The second-order valence-corrected chi connectivity index (χ2v) is 3.61. The minimum absolute atomic E-state index is 0.216. The highest BCUT2D eigenvalue weighted by Crippen LogP contribution is 2.25. The smallest absolute Gasteiger partial charge is 0.253 e. The van der Waals surface area contributed by atoms with Gasteiger partial charge in [-0.05, 0) is 24.6 Å². The molecule has 3 N–H and O–H groups in total. The van der Waals surface area contributed by atoms with Crippen molar-refractivity contribution in [1.29, 1.82) is 0 Å². The van der Waals surface area contributed by atoms with Crippen LogP contribution >= 0.6 is 0 Å². The van der Waals surface area contributed by atoms with Gasteiger partial charge in [0.15, 0.2) is 0 Å². The first-order valence-electron chi connectivity index (χ1n) is 5.33. The van der Waals surface area contributed by atoms with E-state index >= 15 is 0 Å². The van der Waals surface area contributed by atoms with Gasteiger partial charge >= 0.3 is 0 Å². The highest BCUT2D eigenvalue weighted by atomic mass is 16.5. The van der Waals surface area contributed by atoms with Gasteiger partial charge in [-0.3, -0.25) is 4.79 Å². The van der Waals surface area contributed by atoms with Crippen molar-refractivity contribution in [3.05, 3.63) is 23.8 Å². The SMILES string of the molecule is COc1cc(CN)ccc1NC(=O)C(C)OC. The van der Waals surface area contributed by atoms with Crippen LogP contribution in [0.5, 0.6) is 5.75 Å². The van der Waals surface area contributed by atoms with Gasteiger partial charge in [-0.15, -0.1) is 0 Å². The van der Waals surface area contributed by atoms with E-state index in [-0.39, 0.29) is 5.91 Å². The standard InChI is InChI=1S/C12H18N2O3/c1-8(16-2)12(15)14-10-5-4-9(7-13)6-11(10)17-3/h4-6,8H,7,13H2,1-3H3,(H,14,15). The number of amides is 1. The van der Waals surface area contributed by atoms with Gasteiger partial charge in [-0.2, -0.15) is 0 Å². The van der Waals surface area contributed by atoms with Crippen LogP contribution in [0.3, 0.4) is 0 Å². The van der Waals surface area contributed by atoms with Crippen molar-refractivity contribution >= 4 is 11.6 Å². The second-order valence-electron chi connectivity index (χ2n) is 3.61. The normalized spacial score (nSPS) is 12.0. The number of hydrogen-bond acceptors (Lipinski definition) is 4. The molecule has 1 aromatic carbocycles. The minimum atomic E-state index is -0.506. The molecule has 0 heterocycles. The van der Waals surface area contributed by atoms with Crippen molar-refractivity contribution in [3.8, 4) is 5.75 Å². The van der Waals surface area contributed by atoms with Crippen LogP contribution in [0, 0.1) is 0 Å². The maximum Gasteiger partial charge on any atom is 0.253 e. The highest BCUT2D eigenvalue weighted by molar-refractivity contribution is 5.95. The monoisotopic (exact) mass is 238 g/mol. The lowest BCUT2D eigenvalue weighted by molar-refractivity contribution is -0.124. The van der Waals surface area contributed by atoms with E-state index in [4.69, 9.17) is 15.2 Å². The lowest BCUT2D eigenvalue weighted by atomic mass is 10.2. The number of anilines is 1. The maximum atomic E-state index is 11.6. The van der Waals surface area contributed by atoms with Gasteiger partial charge in [0.05, 0.1) is 12.8 Å². The molecule has 0 aliphatic carbocycles. The zero-order chi connectivity index (χ0) is 12.8.